The predicted molar refractivity (Wildman–Crippen MR) is 106 cm³/mol. The fourth-order valence-electron chi connectivity index (χ4n) is 4.25. The summed E-state index contributed by atoms with van der Waals surface area (Å²) < 4.78 is 24.2. The largest absolute Gasteiger partial charge is 0.454 e. The van der Waals surface area contributed by atoms with Crippen molar-refractivity contribution in [2.75, 3.05) is 26.1 Å². The predicted octanol–water partition coefficient (Wildman–Crippen LogP) is 4.83. The first kappa shape index (κ1) is 17.2. The van der Waals surface area contributed by atoms with Gasteiger partial charge in [0.25, 0.3) is 0 Å². The number of thioether (sulfide) groups is 1. The molecule has 2 atom stereocenters. The van der Waals surface area contributed by atoms with E-state index in [2.05, 4.69) is 4.90 Å². The monoisotopic (exact) mass is 404 g/mol. The number of hydrogen-bond acceptors (Lipinski definition) is 4. The molecule has 0 spiro atoms. The van der Waals surface area contributed by atoms with Crippen LogP contribution in [0.4, 0.5) is 10.1 Å². The Morgan fingerprint density at radius 3 is 2.93 bits per heavy atom. The average molecular weight is 405 g/mol. The van der Waals surface area contributed by atoms with Gasteiger partial charge in [0.1, 0.15) is 5.82 Å². The van der Waals surface area contributed by atoms with Gasteiger partial charge in [0.15, 0.2) is 16.7 Å². The smallest absolute Gasteiger partial charge is 0.231 e. The standard InChI is InChI=1S/C20H18ClFN2O2S/c1-27-19(23-14-3-5-17-18(7-14)26-11-25-17)24-9-12-8-20(12,10-24)15-4-2-13(22)6-16(15)21/h2-7,12H,8-11H2,1H3/t12-,20-/m0/s1. The number of rotatable bonds is 2. The van der Waals surface area contributed by atoms with E-state index >= 15 is 0 Å². The van der Waals surface area contributed by atoms with Gasteiger partial charge < -0.3 is 14.4 Å². The van der Waals surface area contributed by atoms with Crippen molar-refractivity contribution in [2.45, 2.75) is 11.8 Å². The summed E-state index contributed by atoms with van der Waals surface area (Å²) in [5.74, 6) is 1.73. The van der Waals surface area contributed by atoms with E-state index in [1.165, 1.54) is 12.1 Å². The summed E-state index contributed by atoms with van der Waals surface area (Å²) in [6.45, 7) is 2.05. The SMILES string of the molecule is CSC(=Nc1ccc2c(c1)OCO2)N1C[C@@H]2C[C@]2(c2ccc(F)cc2Cl)C1. The van der Waals surface area contributed by atoms with Crippen molar-refractivity contribution < 1.29 is 13.9 Å². The first-order valence-electron chi connectivity index (χ1n) is 8.82. The van der Waals surface area contributed by atoms with Crippen LogP contribution in [-0.2, 0) is 5.41 Å². The molecule has 2 aromatic carbocycles. The first-order valence-corrected chi connectivity index (χ1v) is 10.4. The lowest BCUT2D eigenvalue weighted by molar-refractivity contribution is 0.174. The zero-order valence-electron chi connectivity index (χ0n) is 14.7. The third-order valence-corrected chi connectivity index (χ3v) is 6.67. The molecule has 5 rings (SSSR count). The fraction of sp³-hybridized carbons (Fsp3) is 0.350. The number of nitrogens with zero attached hydrogens (tertiary/aromatic N) is 2. The van der Waals surface area contributed by atoms with E-state index in [4.69, 9.17) is 26.1 Å². The molecule has 0 amide bonds. The third kappa shape index (κ3) is 2.86. The lowest BCUT2D eigenvalue weighted by atomic mass is 9.95. The van der Waals surface area contributed by atoms with Crippen LogP contribution in [0, 0.1) is 11.7 Å². The van der Waals surface area contributed by atoms with Crippen LogP contribution in [0.3, 0.4) is 0 Å². The minimum atomic E-state index is -0.290. The van der Waals surface area contributed by atoms with Gasteiger partial charge in [-0.25, -0.2) is 9.38 Å². The van der Waals surface area contributed by atoms with E-state index in [0.29, 0.717) is 10.9 Å². The normalized spacial score (nSPS) is 25.7. The molecular formula is C20H18ClFN2O2S. The Balaban J connectivity index is 1.40. The number of fused-ring (bicyclic) bond motifs is 2. The van der Waals surface area contributed by atoms with Gasteiger partial charge >= 0.3 is 0 Å². The van der Waals surface area contributed by atoms with E-state index in [0.717, 1.165) is 47.4 Å². The number of halogens is 2. The molecule has 0 aromatic heterocycles. The topological polar surface area (TPSA) is 34.1 Å². The van der Waals surface area contributed by atoms with Crippen molar-refractivity contribution in [3.05, 3.63) is 52.8 Å². The molecule has 2 aliphatic heterocycles. The molecule has 1 aliphatic carbocycles. The number of aliphatic imine (C=N–C) groups is 1. The van der Waals surface area contributed by atoms with Crippen LogP contribution in [0.1, 0.15) is 12.0 Å². The van der Waals surface area contributed by atoms with Crippen molar-refractivity contribution in [1.82, 2.24) is 4.90 Å². The molecule has 0 N–H and O–H groups in total. The van der Waals surface area contributed by atoms with E-state index in [1.54, 1.807) is 11.8 Å². The van der Waals surface area contributed by atoms with Gasteiger partial charge in [0.05, 0.1) is 5.69 Å². The van der Waals surface area contributed by atoms with E-state index < -0.39 is 0 Å². The summed E-state index contributed by atoms with van der Waals surface area (Å²) in [6.07, 6.45) is 3.13. The van der Waals surface area contributed by atoms with Crippen molar-refractivity contribution in [3.8, 4) is 11.5 Å². The maximum atomic E-state index is 13.4. The van der Waals surface area contributed by atoms with Crippen molar-refractivity contribution >= 4 is 34.2 Å². The quantitative estimate of drug-likeness (QED) is 0.530. The molecule has 2 fully saturated rings. The second-order valence-corrected chi connectivity index (χ2v) is 8.38. The van der Waals surface area contributed by atoms with Crippen LogP contribution < -0.4 is 9.47 Å². The van der Waals surface area contributed by atoms with Gasteiger partial charge in [-0.3, -0.25) is 0 Å². The Morgan fingerprint density at radius 2 is 2.11 bits per heavy atom. The lowest BCUT2D eigenvalue weighted by Crippen LogP contribution is -2.30. The summed E-state index contributed by atoms with van der Waals surface area (Å²) in [7, 11) is 0. The van der Waals surface area contributed by atoms with Gasteiger partial charge in [-0.05, 0) is 48.4 Å². The number of amidine groups is 1. The van der Waals surface area contributed by atoms with Gasteiger partial charge in [-0.2, -0.15) is 0 Å². The van der Waals surface area contributed by atoms with Crippen LogP contribution in [0.25, 0.3) is 0 Å². The van der Waals surface area contributed by atoms with Crippen LogP contribution in [0.5, 0.6) is 11.5 Å². The molecule has 1 saturated heterocycles. The second-order valence-electron chi connectivity index (χ2n) is 7.20. The van der Waals surface area contributed by atoms with E-state index in [9.17, 15) is 4.39 Å². The molecule has 3 aliphatic rings. The molecule has 0 radical (unpaired) electrons. The number of likely N-dealkylation sites (tertiary alicyclic amines) is 1. The Bertz CT molecular complexity index is 954. The summed E-state index contributed by atoms with van der Waals surface area (Å²) in [4.78, 5) is 7.14. The highest BCUT2D eigenvalue weighted by atomic mass is 35.5. The van der Waals surface area contributed by atoms with Crippen molar-refractivity contribution in [2.24, 2.45) is 10.9 Å². The highest BCUT2D eigenvalue weighted by Crippen LogP contribution is 2.60. The fourth-order valence-corrected chi connectivity index (χ4v) is 5.20. The molecule has 1 saturated carbocycles. The lowest BCUT2D eigenvalue weighted by Gasteiger charge is -2.24. The molecular weight excluding hydrogens is 387 g/mol. The second kappa shape index (κ2) is 6.31. The zero-order chi connectivity index (χ0) is 18.6. The van der Waals surface area contributed by atoms with Crippen LogP contribution >= 0.6 is 23.4 Å². The highest BCUT2D eigenvalue weighted by Gasteiger charge is 2.61. The Kier molecular flexibility index (Phi) is 4.02. The third-order valence-electron chi connectivity index (χ3n) is 5.65. The number of piperidine rings is 1. The molecule has 4 nitrogen and oxygen atoms in total. The summed E-state index contributed by atoms with van der Waals surface area (Å²) in [6, 6.07) is 10.5. The van der Waals surface area contributed by atoms with Crippen LogP contribution in [0.2, 0.25) is 5.02 Å². The Labute approximate surface area is 166 Å². The van der Waals surface area contributed by atoms with Crippen molar-refractivity contribution in [3.63, 3.8) is 0 Å². The van der Waals surface area contributed by atoms with Gasteiger partial charge in [0.2, 0.25) is 6.79 Å². The van der Waals surface area contributed by atoms with Crippen molar-refractivity contribution in [1.29, 1.82) is 0 Å². The molecule has 140 valence electrons. The first-order chi connectivity index (χ1) is 13.1. The Morgan fingerprint density at radius 1 is 1.26 bits per heavy atom. The minimum Gasteiger partial charge on any atom is -0.454 e. The number of benzene rings is 2. The summed E-state index contributed by atoms with van der Waals surface area (Å²) in [5, 5.41) is 1.50. The van der Waals surface area contributed by atoms with Crippen LogP contribution in [-0.4, -0.2) is 36.2 Å². The zero-order valence-corrected chi connectivity index (χ0v) is 16.3. The van der Waals surface area contributed by atoms with Crippen LogP contribution in [0.15, 0.2) is 41.4 Å². The average Bonchev–Trinajstić information content (AvgIpc) is 3.01. The molecule has 2 heterocycles. The van der Waals surface area contributed by atoms with Gasteiger partial charge in [0, 0.05) is 29.6 Å². The molecule has 7 heteroatoms. The maximum Gasteiger partial charge on any atom is 0.231 e. The minimum absolute atomic E-state index is 0.0240. The van der Waals surface area contributed by atoms with Gasteiger partial charge in [-0.15, -0.1) is 0 Å². The highest BCUT2D eigenvalue weighted by molar-refractivity contribution is 8.13. The molecule has 27 heavy (non-hydrogen) atoms. The Hall–Kier alpha value is -1.92. The van der Waals surface area contributed by atoms with E-state index in [1.807, 2.05) is 30.5 Å². The van der Waals surface area contributed by atoms with E-state index in [-0.39, 0.29) is 18.0 Å². The molecule has 0 bridgehead atoms. The molecule has 0 unspecified atom stereocenters. The summed E-state index contributed by atoms with van der Waals surface area (Å²) >= 11 is 7.98. The number of ether oxygens (including phenoxy) is 2. The molecule has 2 aromatic rings. The number of hydrogen-bond donors (Lipinski definition) is 0. The summed E-state index contributed by atoms with van der Waals surface area (Å²) in [5.41, 5.74) is 1.93. The van der Waals surface area contributed by atoms with Gasteiger partial charge in [-0.1, -0.05) is 29.4 Å². The maximum absolute atomic E-state index is 13.4.